The van der Waals surface area contributed by atoms with Crippen molar-refractivity contribution >= 4 is 77.7 Å². The standard InChI is InChI=1S/C31H23Br2ClN4O2S/c1-19-6-12-24(13-7-19)36-31-37-28(18-41-31)21-8-10-22(11-9-21)30(39)38-35-16-20-14-25(32)29(26(33)15-20)40-17-23-4-2-3-5-27(23)34/h2-16,18H,17H2,1H3,(H,36,37)(H,38,39)/b35-16-. The van der Waals surface area contributed by atoms with Gasteiger partial charge in [-0.25, -0.2) is 10.4 Å². The van der Waals surface area contributed by atoms with Crippen molar-refractivity contribution in [3.63, 3.8) is 0 Å². The normalized spacial score (nSPS) is 11.0. The fourth-order valence-electron chi connectivity index (χ4n) is 3.80. The van der Waals surface area contributed by atoms with Gasteiger partial charge in [0.25, 0.3) is 5.91 Å². The van der Waals surface area contributed by atoms with Crippen LogP contribution in [0.4, 0.5) is 10.8 Å². The van der Waals surface area contributed by atoms with Crippen LogP contribution in [0.15, 0.2) is 104 Å². The topological polar surface area (TPSA) is 75.6 Å². The van der Waals surface area contributed by atoms with E-state index in [0.717, 1.165) is 42.1 Å². The summed E-state index contributed by atoms with van der Waals surface area (Å²) in [6, 6.07) is 26.7. The Morgan fingerprint density at radius 3 is 2.44 bits per heavy atom. The van der Waals surface area contributed by atoms with Gasteiger partial charge in [0.2, 0.25) is 0 Å². The molecule has 0 spiro atoms. The second-order valence-corrected chi connectivity index (χ2v) is 12.0. The van der Waals surface area contributed by atoms with E-state index in [9.17, 15) is 4.79 Å². The smallest absolute Gasteiger partial charge is 0.271 e. The first-order chi connectivity index (χ1) is 19.9. The Kier molecular flexibility index (Phi) is 9.51. The van der Waals surface area contributed by atoms with Gasteiger partial charge in [0.1, 0.15) is 12.4 Å². The van der Waals surface area contributed by atoms with Gasteiger partial charge < -0.3 is 10.1 Å². The van der Waals surface area contributed by atoms with Crippen molar-refractivity contribution in [3.05, 3.63) is 127 Å². The van der Waals surface area contributed by atoms with Crippen LogP contribution in [0, 0.1) is 6.92 Å². The number of halogens is 3. The second-order valence-electron chi connectivity index (χ2n) is 9.00. The third kappa shape index (κ3) is 7.62. The Morgan fingerprint density at radius 1 is 1.02 bits per heavy atom. The number of thiazole rings is 1. The zero-order valence-corrected chi connectivity index (χ0v) is 26.4. The van der Waals surface area contributed by atoms with Gasteiger partial charge in [0, 0.05) is 32.8 Å². The molecule has 2 N–H and O–H groups in total. The van der Waals surface area contributed by atoms with Crippen LogP contribution in [-0.2, 0) is 6.61 Å². The zero-order chi connectivity index (χ0) is 28.8. The van der Waals surface area contributed by atoms with Gasteiger partial charge in [-0.1, -0.05) is 59.6 Å². The van der Waals surface area contributed by atoms with Gasteiger partial charge in [-0.2, -0.15) is 5.10 Å². The summed E-state index contributed by atoms with van der Waals surface area (Å²) in [5.74, 6) is 0.329. The maximum Gasteiger partial charge on any atom is 0.271 e. The lowest BCUT2D eigenvalue weighted by molar-refractivity contribution is 0.0955. The molecule has 5 aromatic rings. The molecule has 4 aromatic carbocycles. The molecule has 0 aliphatic rings. The molecule has 10 heteroatoms. The molecular weight excluding hydrogens is 688 g/mol. The highest BCUT2D eigenvalue weighted by molar-refractivity contribution is 9.11. The number of carbonyl (C=O) groups excluding carboxylic acids is 1. The fraction of sp³-hybridized carbons (Fsp3) is 0.0645. The minimum absolute atomic E-state index is 0.314. The van der Waals surface area contributed by atoms with Crippen LogP contribution >= 0.6 is 54.8 Å². The summed E-state index contributed by atoms with van der Waals surface area (Å²) in [7, 11) is 0. The number of nitrogens with zero attached hydrogens (tertiary/aromatic N) is 2. The first-order valence-electron chi connectivity index (χ1n) is 12.4. The zero-order valence-electron chi connectivity index (χ0n) is 21.7. The van der Waals surface area contributed by atoms with E-state index in [1.807, 2.05) is 66.0 Å². The molecule has 5 rings (SSSR count). The third-order valence-corrected chi connectivity index (χ3v) is 8.28. The van der Waals surface area contributed by atoms with E-state index < -0.39 is 0 Å². The predicted molar refractivity (Wildman–Crippen MR) is 175 cm³/mol. The van der Waals surface area contributed by atoms with Crippen LogP contribution in [0.5, 0.6) is 5.75 Å². The monoisotopic (exact) mass is 708 g/mol. The minimum atomic E-state index is -0.314. The number of aryl methyl sites for hydroxylation is 1. The molecule has 0 saturated heterocycles. The first-order valence-corrected chi connectivity index (χ1v) is 15.3. The number of aromatic nitrogens is 1. The minimum Gasteiger partial charge on any atom is -0.486 e. The number of nitrogens with one attached hydrogen (secondary N) is 2. The number of ether oxygens (including phenoxy) is 1. The largest absolute Gasteiger partial charge is 0.486 e. The van der Waals surface area contributed by atoms with Gasteiger partial charge in [-0.05, 0) is 86.8 Å². The van der Waals surface area contributed by atoms with Crippen molar-refractivity contribution in [3.8, 4) is 17.0 Å². The van der Waals surface area contributed by atoms with Gasteiger partial charge >= 0.3 is 0 Å². The Morgan fingerprint density at radius 2 is 1.73 bits per heavy atom. The van der Waals surface area contributed by atoms with Crippen molar-refractivity contribution < 1.29 is 9.53 Å². The maximum absolute atomic E-state index is 12.7. The Bertz CT molecular complexity index is 1680. The number of rotatable bonds is 9. The number of anilines is 2. The van der Waals surface area contributed by atoms with Crippen molar-refractivity contribution in [1.82, 2.24) is 10.4 Å². The molecule has 0 saturated carbocycles. The number of carbonyl (C=O) groups is 1. The van der Waals surface area contributed by atoms with Crippen molar-refractivity contribution in [2.24, 2.45) is 5.10 Å². The van der Waals surface area contributed by atoms with Crippen molar-refractivity contribution in [2.45, 2.75) is 13.5 Å². The van der Waals surface area contributed by atoms with E-state index in [-0.39, 0.29) is 5.91 Å². The number of amides is 1. The molecule has 0 aliphatic heterocycles. The van der Waals surface area contributed by atoms with Gasteiger partial charge in [-0.15, -0.1) is 11.3 Å². The number of hydrazone groups is 1. The third-order valence-electron chi connectivity index (χ3n) is 5.98. The summed E-state index contributed by atoms with van der Waals surface area (Å²) in [5.41, 5.74) is 8.68. The Balaban J connectivity index is 1.17. The molecule has 0 bridgehead atoms. The quantitative estimate of drug-likeness (QED) is 0.118. The molecule has 0 radical (unpaired) electrons. The lowest BCUT2D eigenvalue weighted by Gasteiger charge is -2.12. The summed E-state index contributed by atoms with van der Waals surface area (Å²) in [5, 5.41) is 10.9. The first kappa shape index (κ1) is 29.0. The molecule has 6 nitrogen and oxygen atoms in total. The lowest BCUT2D eigenvalue weighted by atomic mass is 10.1. The van der Waals surface area contributed by atoms with Crippen LogP contribution in [0.1, 0.15) is 27.0 Å². The maximum atomic E-state index is 12.7. The van der Waals surface area contributed by atoms with E-state index in [0.29, 0.717) is 22.9 Å². The van der Waals surface area contributed by atoms with E-state index in [4.69, 9.17) is 16.3 Å². The number of hydrogen-bond donors (Lipinski definition) is 2. The lowest BCUT2D eigenvalue weighted by Crippen LogP contribution is -2.17. The van der Waals surface area contributed by atoms with Gasteiger partial charge in [0.15, 0.2) is 5.13 Å². The van der Waals surface area contributed by atoms with Gasteiger partial charge in [0.05, 0.1) is 20.9 Å². The van der Waals surface area contributed by atoms with Gasteiger partial charge in [-0.3, -0.25) is 4.79 Å². The van der Waals surface area contributed by atoms with E-state index in [1.54, 1.807) is 18.3 Å². The SMILES string of the molecule is Cc1ccc(Nc2nc(-c3ccc(C(=O)N/N=C\c4cc(Br)c(OCc5ccccc5Cl)c(Br)c4)cc3)cs2)cc1. The van der Waals surface area contributed by atoms with E-state index in [1.165, 1.54) is 16.9 Å². The van der Waals surface area contributed by atoms with Crippen LogP contribution < -0.4 is 15.5 Å². The van der Waals surface area contributed by atoms with Crippen molar-refractivity contribution in [1.29, 1.82) is 0 Å². The Hall–Kier alpha value is -3.50. The van der Waals surface area contributed by atoms with Crippen LogP contribution in [0.2, 0.25) is 5.02 Å². The summed E-state index contributed by atoms with van der Waals surface area (Å²) in [6.07, 6.45) is 1.57. The molecule has 1 heterocycles. The molecule has 1 aromatic heterocycles. The summed E-state index contributed by atoms with van der Waals surface area (Å²) < 4.78 is 7.44. The van der Waals surface area contributed by atoms with Crippen LogP contribution in [0.25, 0.3) is 11.3 Å². The molecule has 1 amide bonds. The predicted octanol–water partition coefficient (Wildman–Crippen LogP) is 9.38. The van der Waals surface area contributed by atoms with E-state index in [2.05, 4.69) is 71.7 Å². The molecule has 0 aliphatic carbocycles. The van der Waals surface area contributed by atoms with Crippen LogP contribution in [0.3, 0.4) is 0 Å². The summed E-state index contributed by atoms with van der Waals surface area (Å²) in [6.45, 7) is 2.38. The summed E-state index contributed by atoms with van der Waals surface area (Å²) in [4.78, 5) is 17.3. The van der Waals surface area contributed by atoms with Crippen LogP contribution in [-0.4, -0.2) is 17.1 Å². The second kappa shape index (κ2) is 13.4. The molecule has 0 atom stereocenters. The number of hydrogen-bond acceptors (Lipinski definition) is 6. The fourth-order valence-corrected chi connectivity index (χ4v) is 6.18. The number of benzene rings is 4. The van der Waals surface area contributed by atoms with E-state index >= 15 is 0 Å². The van der Waals surface area contributed by atoms with Crippen molar-refractivity contribution in [2.75, 3.05) is 5.32 Å². The molecule has 206 valence electrons. The summed E-state index contributed by atoms with van der Waals surface area (Å²) >= 11 is 14.9. The average Bonchev–Trinajstić information content (AvgIpc) is 3.43. The highest BCUT2D eigenvalue weighted by atomic mass is 79.9. The molecule has 0 unspecified atom stereocenters. The highest BCUT2D eigenvalue weighted by Crippen LogP contribution is 2.35. The molecular formula is C31H23Br2ClN4O2S. The Labute approximate surface area is 263 Å². The molecule has 0 fully saturated rings. The average molecular weight is 711 g/mol. The molecule has 41 heavy (non-hydrogen) atoms. The highest BCUT2D eigenvalue weighted by Gasteiger charge is 2.11.